The van der Waals surface area contributed by atoms with Crippen LogP contribution in [0.3, 0.4) is 0 Å². The van der Waals surface area contributed by atoms with Crippen LogP contribution in [0.2, 0.25) is 0 Å². The molecule has 3 aliphatic rings. The maximum atomic E-state index is 14.0. The molecule has 0 saturated heterocycles. The summed E-state index contributed by atoms with van der Waals surface area (Å²) in [6, 6.07) is 8.79. The lowest BCUT2D eigenvalue weighted by molar-refractivity contribution is 0.0605. The first kappa shape index (κ1) is 30.2. The lowest BCUT2D eigenvalue weighted by Gasteiger charge is -2.46. The molecular weight excluding hydrogens is 508 g/mol. The molecule has 0 bridgehead atoms. The molecule has 0 radical (unpaired) electrons. The summed E-state index contributed by atoms with van der Waals surface area (Å²) in [7, 11) is -3.57. The molecule has 3 aliphatic carbocycles. The standard InChI is InChI=1S/C33H48O5S/c1-22-25(20-26(34)21-30(22)35)14-13-24-10-9-18-33(5)28(15-16-29(24)33)23(2)31(17-19-32(3,4)36)39(37,38)27-11-7-6-8-12-27/h6-8,11-14,23,26,28-31,34-36H,1,9-10,15-21H2,2-5H3/b24-13+,25-14-/t23-,26+,28+,29-,30-,31?,33+/m0/s1. The Morgan fingerprint density at radius 1 is 1.15 bits per heavy atom. The van der Waals surface area contributed by atoms with Crippen molar-refractivity contribution in [2.24, 2.45) is 23.2 Å². The Labute approximate surface area is 235 Å². The molecule has 39 heavy (non-hydrogen) atoms. The molecule has 0 aliphatic heterocycles. The van der Waals surface area contributed by atoms with E-state index in [0.29, 0.717) is 42.1 Å². The Kier molecular flexibility index (Phi) is 9.02. The SMILES string of the molecule is C=C1/C(=C\C=C2/CCC[C@]3(C)[C@@H]([C@H](C)C(CCC(C)(C)O)S(=O)(=O)c4ccccc4)CC[C@@H]23)C[C@@H](O)C[C@@H]1O. The average molecular weight is 557 g/mol. The monoisotopic (exact) mass is 556 g/mol. The first-order valence-corrected chi connectivity index (χ1v) is 16.2. The second kappa shape index (κ2) is 11.6. The predicted molar refractivity (Wildman–Crippen MR) is 157 cm³/mol. The third-order valence-corrected chi connectivity index (χ3v) is 12.4. The van der Waals surface area contributed by atoms with Gasteiger partial charge in [0.05, 0.1) is 28.0 Å². The number of hydrogen-bond acceptors (Lipinski definition) is 5. The van der Waals surface area contributed by atoms with E-state index in [0.717, 1.165) is 37.7 Å². The smallest absolute Gasteiger partial charge is 0.181 e. The minimum Gasteiger partial charge on any atom is -0.393 e. The van der Waals surface area contributed by atoms with Crippen LogP contribution in [0, 0.1) is 23.2 Å². The van der Waals surface area contributed by atoms with Gasteiger partial charge in [0.15, 0.2) is 9.84 Å². The van der Waals surface area contributed by atoms with E-state index in [9.17, 15) is 23.7 Å². The maximum absolute atomic E-state index is 14.0. The Morgan fingerprint density at radius 3 is 2.51 bits per heavy atom. The van der Waals surface area contributed by atoms with Crippen LogP contribution in [0.25, 0.3) is 0 Å². The lowest BCUT2D eigenvalue weighted by Crippen LogP contribution is -2.42. The summed E-state index contributed by atoms with van der Waals surface area (Å²) in [5.41, 5.74) is 2.10. The van der Waals surface area contributed by atoms with Crippen molar-refractivity contribution in [3.63, 3.8) is 0 Å². The van der Waals surface area contributed by atoms with Gasteiger partial charge in [-0.25, -0.2) is 8.42 Å². The van der Waals surface area contributed by atoms with Crippen LogP contribution in [0.4, 0.5) is 0 Å². The Morgan fingerprint density at radius 2 is 1.85 bits per heavy atom. The molecule has 0 heterocycles. The molecule has 5 nitrogen and oxygen atoms in total. The Balaban J connectivity index is 1.62. The van der Waals surface area contributed by atoms with Crippen LogP contribution >= 0.6 is 0 Å². The van der Waals surface area contributed by atoms with Crippen LogP contribution in [0.5, 0.6) is 0 Å². The maximum Gasteiger partial charge on any atom is 0.181 e. The fourth-order valence-corrected chi connectivity index (χ4v) is 9.92. The van der Waals surface area contributed by atoms with E-state index in [1.807, 2.05) is 6.07 Å². The highest BCUT2D eigenvalue weighted by Gasteiger charge is 2.53. The predicted octanol–water partition coefficient (Wildman–Crippen LogP) is 6.16. The minimum absolute atomic E-state index is 0.00377. The molecule has 7 atom stereocenters. The van der Waals surface area contributed by atoms with Crippen LogP contribution in [-0.4, -0.2) is 46.8 Å². The van der Waals surface area contributed by atoms with E-state index in [1.165, 1.54) is 5.57 Å². The number of rotatable bonds is 8. The molecule has 216 valence electrons. The van der Waals surface area contributed by atoms with Crippen molar-refractivity contribution in [2.45, 2.75) is 113 Å². The minimum atomic E-state index is -3.57. The molecule has 1 unspecified atom stereocenters. The van der Waals surface area contributed by atoms with Crippen LogP contribution in [0.15, 0.2) is 70.7 Å². The highest BCUT2D eigenvalue weighted by Crippen LogP contribution is 2.60. The Bertz CT molecular complexity index is 1190. The molecular formula is C33H48O5S. The fourth-order valence-electron chi connectivity index (χ4n) is 7.85. The normalized spacial score (nSPS) is 33.8. The molecule has 3 saturated carbocycles. The number of aliphatic hydroxyl groups is 3. The van der Waals surface area contributed by atoms with Crippen molar-refractivity contribution >= 4 is 9.84 Å². The highest BCUT2D eigenvalue weighted by molar-refractivity contribution is 7.92. The van der Waals surface area contributed by atoms with Gasteiger partial charge in [0.1, 0.15) is 0 Å². The summed E-state index contributed by atoms with van der Waals surface area (Å²) >= 11 is 0. The van der Waals surface area contributed by atoms with E-state index < -0.39 is 32.9 Å². The number of aliphatic hydroxyl groups excluding tert-OH is 2. The first-order chi connectivity index (χ1) is 18.2. The van der Waals surface area contributed by atoms with Crippen LogP contribution < -0.4 is 0 Å². The van der Waals surface area contributed by atoms with Crippen molar-refractivity contribution in [3.8, 4) is 0 Å². The molecule has 0 aromatic heterocycles. The third kappa shape index (κ3) is 6.45. The zero-order chi connectivity index (χ0) is 28.6. The van der Waals surface area contributed by atoms with Crippen molar-refractivity contribution in [3.05, 3.63) is 65.8 Å². The van der Waals surface area contributed by atoms with Crippen molar-refractivity contribution < 1.29 is 23.7 Å². The summed E-state index contributed by atoms with van der Waals surface area (Å²) in [4.78, 5) is 0.366. The molecule has 3 fully saturated rings. The topological polar surface area (TPSA) is 94.8 Å². The van der Waals surface area contributed by atoms with Gasteiger partial charge in [-0.1, -0.05) is 56.4 Å². The second-order valence-electron chi connectivity index (χ2n) is 13.3. The lowest BCUT2D eigenvalue weighted by atomic mass is 9.60. The van der Waals surface area contributed by atoms with Gasteiger partial charge in [-0.05, 0) is 112 Å². The molecule has 1 aromatic carbocycles. The molecule has 3 N–H and O–H groups in total. The molecule has 0 amide bonds. The van der Waals surface area contributed by atoms with Gasteiger partial charge in [0, 0.05) is 6.42 Å². The number of hydrogen-bond donors (Lipinski definition) is 3. The largest absolute Gasteiger partial charge is 0.393 e. The summed E-state index contributed by atoms with van der Waals surface area (Å²) < 4.78 is 28.0. The molecule has 4 rings (SSSR count). The van der Waals surface area contributed by atoms with Gasteiger partial charge in [-0.2, -0.15) is 0 Å². The van der Waals surface area contributed by atoms with Gasteiger partial charge >= 0.3 is 0 Å². The van der Waals surface area contributed by atoms with E-state index >= 15 is 0 Å². The summed E-state index contributed by atoms with van der Waals surface area (Å²) in [5.74, 6) is 0.600. The molecule has 0 spiro atoms. The number of sulfone groups is 1. The van der Waals surface area contributed by atoms with E-state index in [-0.39, 0.29) is 17.3 Å². The number of allylic oxidation sites excluding steroid dienone is 3. The summed E-state index contributed by atoms with van der Waals surface area (Å²) in [6.07, 6.45) is 9.93. The van der Waals surface area contributed by atoms with Gasteiger partial charge in [0.25, 0.3) is 0 Å². The quantitative estimate of drug-likeness (QED) is 0.357. The van der Waals surface area contributed by atoms with Gasteiger partial charge in [-0.15, -0.1) is 0 Å². The highest BCUT2D eigenvalue weighted by atomic mass is 32.2. The molecule has 6 heteroatoms. The van der Waals surface area contributed by atoms with Crippen molar-refractivity contribution in [2.75, 3.05) is 0 Å². The zero-order valence-electron chi connectivity index (χ0n) is 24.1. The summed E-state index contributed by atoms with van der Waals surface area (Å²) in [5, 5.41) is 30.3. The van der Waals surface area contributed by atoms with E-state index in [2.05, 4.69) is 32.6 Å². The van der Waals surface area contributed by atoms with E-state index in [1.54, 1.807) is 38.1 Å². The number of benzene rings is 1. The van der Waals surface area contributed by atoms with Gasteiger partial charge in [0.2, 0.25) is 0 Å². The van der Waals surface area contributed by atoms with Crippen LogP contribution in [-0.2, 0) is 9.84 Å². The number of fused-ring (bicyclic) bond motifs is 1. The van der Waals surface area contributed by atoms with Crippen molar-refractivity contribution in [1.82, 2.24) is 0 Å². The van der Waals surface area contributed by atoms with Gasteiger partial charge in [-0.3, -0.25) is 0 Å². The average Bonchev–Trinajstić information content (AvgIpc) is 3.22. The summed E-state index contributed by atoms with van der Waals surface area (Å²) in [6.45, 7) is 12.1. The second-order valence-corrected chi connectivity index (χ2v) is 15.4. The third-order valence-electron chi connectivity index (χ3n) is 10.0. The zero-order valence-corrected chi connectivity index (χ0v) is 25.0. The molecule has 1 aromatic rings. The van der Waals surface area contributed by atoms with Crippen molar-refractivity contribution in [1.29, 1.82) is 0 Å². The van der Waals surface area contributed by atoms with Crippen LogP contribution in [0.1, 0.15) is 85.5 Å². The Hall–Kier alpha value is -1.73. The van der Waals surface area contributed by atoms with E-state index in [4.69, 9.17) is 0 Å². The van der Waals surface area contributed by atoms with Gasteiger partial charge < -0.3 is 15.3 Å². The first-order valence-electron chi connectivity index (χ1n) is 14.7. The fraction of sp³-hybridized carbons (Fsp3) is 0.636.